The Hall–Kier alpha value is -1.75. The van der Waals surface area contributed by atoms with Crippen molar-refractivity contribution in [3.8, 4) is 11.5 Å². The fraction of sp³-hybridized carbons (Fsp3) is 0.533. The number of benzene rings is 1. The van der Waals surface area contributed by atoms with E-state index >= 15 is 0 Å². The van der Waals surface area contributed by atoms with E-state index in [2.05, 4.69) is 12.2 Å². The largest absolute Gasteiger partial charge is 0.454 e. The van der Waals surface area contributed by atoms with E-state index in [0.717, 1.165) is 29.9 Å². The first-order chi connectivity index (χ1) is 9.63. The summed E-state index contributed by atoms with van der Waals surface area (Å²) in [5.74, 6) is 2.15. The molecule has 3 N–H and O–H groups in total. The van der Waals surface area contributed by atoms with Gasteiger partial charge in [0.15, 0.2) is 11.5 Å². The lowest BCUT2D eigenvalue weighted by Gasteiger charge is -2.44. The molecular formula is C15H20N2O3. The molecule has 0 spiro atoms. The van der Waals surface area contributed by atoms with Gasteiger partial charge < -0.3 is 20.5 Å². The van der Waals surface area contributed by atoms with Gasteiger partial charge in [0.1, 0.15) is 0 Å². The van der Waals surface area contributed by atoms with E-state index in [0.29, 0.717) is 19.0 Å². The second-order valence-electron chi connectivity index (χ2n) is 5.87. The molecule has 3 rings (SSSR count). The molecule has 5 heteroatoms. The van der Waals surface area contributed by atoms with Gasteiger partial charge in [-0.3, -0.25) is 4.79 Å². The zero-order chi connectivity index (χ0) is 14.2. The van der Waals surface area contributed by atoms with Crippen molar-refractivity contribution < 1.29 is 14.3 Å². The number of ether oxygens (including phenoxy) is 2. The molecule has 1 aliphatic heterocycles. The summed E-state index contributed by atoms with van der Waals surface area (Å²) in [6.07, 6.45) is 1.77. The third-order valence-corrected chi connectivity index (χ3v) is 4.24. The minimum absolute atomic E-state index is 0.0655. The van der Waals surface area contributed by atoms with E-state index in [4.69, 9.17) is 15.2 Å². The number of hydrogen-bond donors (Lipinski definition) is 2. The zero-order valence-electron chi connectivity index (χ0n) is 11.6. The van der Waals surface area contributed by atoms with Crippen LogP contribution in [0.1, 0.15) is 25.3 Å². The van der Waals surface area contributed by atoms with Gasteiger partial charge in [-0.15, -0.1) is 0 Å². The van der Waals surface area contributed by atoms with Crippen molar-refractivity contribution in [1.29, 1.82) is 0 Å². The lowest BCUT2D eigenvalue weighted by atomic mass is 9.62. The molecule has 0 unspecified atom stereocenters. The van der Waals surface area contributed by atoms with E-state index in [1.807, 2.05) is 18.2 Å². The van der Waals surface area contributed by atoms with Crippen molar-refractivity contribution in [3.05, 3.63) is 23.8 Å². The molecule has 0 bridgehead atoms. The Morgan fingerprint density at radius 1 is 1.40 bits per heavy atom. The summed E-state index contributed by atoms with van der Waals surface area (Å²) >= 11 is 0. The molecule has 1 heterocycles. The highest BCUT2D eigenvalue weighted by molar-refractivity contribution is 5.84. The maximum Gasteiger partial charge on any atom is 0.231 e. The van der Waals surface area contributed by atoms with Crippen molar-refractivity contribution in [2.75, 3.05) is 13.3 Å². The van der Waals surface area contributed by atoms with E-state index in [1.54, 1.807) is 0 Å². The maximum atomic E-state index is 12.3. The molecule has 1 fully saturated rings. The lowest BCUT2D eigenvalue weighted by Crippen LogP contribution is -2.53. The van der Waals surface area contributed by atoms with Crippen molar-refractivity contribution >= 4 is 5.91 Å². The number of rotatable bonds is 4. The number of nitrogens with two attached hydrogens (primary N) is 1. The monoisotopic (exact) mass is 276 g/mol. The number of fused-ring (bicyclic) bond motifs is 1. The fourth-order valence-corrected chi connectivity index (χ4v) is 3.14. The van der Waals surface area contributed by atoms with Crippen molar-refractivity contribution in [2.24, 2.45) is 17.1 Å². The summed E-state index contributed by atoms with van der Waals surface area (Å²) in [4.78, 5) is 12.3. The maximum absolute atomic E-state index is 12.3. The van der Waals surface area contributed by atoms with Gasteiger partial charge in [-0.1, -0.05) is 13.0 Å². The van der Waals surface area contributed by atoms with Gasteiger partial charge in [0.25, 0.3) is 0 Å². The third-order valence-electron chi connectivity index (χ3n) is 4.24. The van der Waals surface area contributed by atoms with Crippen LogP contribution in [0, 0.1) is 11.3 Å². The van der Waals surface area contributed by atoms with E-state index < -0.39 is 0 Å². The molecule has 2 aliphatic rings. The Morgan fingerprint density at radius 2 is 2.15 bits per heavy atom. The number of hydrogen-bond acceptors (Lipinski definition) is 4. The average Bonchev–Trinajstić information content (AvgIpc) is 2.88. The summed E-state index contributed by atoms with van der Waals surface area (Å²) < 4.78 is 10.6. The fourth-order valence-electron chi connectivity index (χ4n) is 3.14. The van der Waals surface area contributed by atoms with Crippen molar-refractivity contribution in [2.45, 2.75) is 26.3 Å². The number of amides is 1. The third kappa shape index (κ3) is 2.22. The van der Waals surface area contributed by atoms with Crippen LogP contribution in [0.25, 0.3) is 0 Å². The van der Waals surface area contributed by atoms with Crippen LogP contribution >= 0.6 is 0 Å². The molecule has 1 amide bonds. The highest BCUT2D eigenvalue weighted by Crippen LogP contribution is 2.44. The first-order valence-electron chi connectivity index (χ1n) is 7.00. The molecular weight excluding hydrogens is 256 g/mol. The second kappa shape index (κ2) is 4.98. The van der Waals surface area contributed by atoms with E-state index in [-0.39, 0.29) is 18.1 Å². The van der Waals surface area contributed by atoms with Crippen LogP contribution in [0.15, 0.2) is 18.2 Å². The number of nitrogens with one attached hydrogen (secondary N) is 1. The molecule has 5 nitrogen and oxygen atoms in total. The van der Waals surface area contributed by atoms with Gasteiger partial charge in [-0.25, -0.2) is 0 Å². The Balaban J connectivity index is 1.60. The Morgan fingerprint density at radius 3 is 2.85 bits per heavy atom. The minimum Gasteiger partial charge on any atom is -0.454 e. The van der Waals surface area contributed by atoms with Crippen LogP contribution in [0.2, 0.25) is 0 Å². The quantitative estimate of drug-likeness (QED) is 0.872. The number of carbonyl (C=O) groups is 1. The molecule has 108 valence electrons. The summed E-state index contributed by atoms with van der Waals surface area (Å²) in [5.41, 5.74) is 6.43. The van der Waals surface area contributed by atoms with Gasteiger partial charge >= 0.3 is 0 Å². The molecule has 1 aromatic carbocycles. The molecule has 1 aliphatic carbocycles. The summed E-state index contributed by atoms with van der Waals surface area (Å²) in [7, 11) is 0. The predicted molar refractivity (Wildman–Crippen MR) is 74.3 cm³/mol. The van der Waals surface area contributed by atoms with Crippen LogP contribution in [-0.4, -0.2) is 19.2 Å². The SMILES string of the molecule is CC1CC(CN)(C(=O)NCc2ccc3c(c2)OCO3)C1. The Kier molecular flexibility index (Phi) is 3.30. The molecule has 0 atom stereocenters. The smallest absolute Gasteiger partial charge is 0.231 e. The first kappa shape index (κ1) is 13.2. The lowest BCUT2D eigenvalue weighted by molar-refractivity contribution is -0.138. The Bertz CT molecular complexity index is 524. The summed E-state index contributed by atoms with van der Waals surface area (Å²) in [6.45, 7) is 3.33. The van der Waals surface area contributed by atoms with E-state index in [1.165, 1.54) is 0 Å². The van der Waals surface area contributed by atoms with Gasteiger partial charge in [0, 0.05) is 13.1 Å². The summed E-state index contributed by atoms with van der Waals surface area (Å²) in [5, 5.41) is 2.99. The molecule has 0 radical (unpaired) electrons. The normalized spacial score (nSPS) is 27.0. The topological polar surface area (TPSA) is 73.6 Å². The van der Waals surface area contributed by atoms with E-state index in [9.17, 15) is 4.79 Å². The van der Waals surface area contributed by atoms with Gasteiger partial charge in [0.05, 0.1) is 5.41 Å². The van der Waals surface area contributed by atoms with Crippen LogP contribution in [0.4, 0.5) is 0 Å². The Labute approximate surface area is 118 Å². The highest BCUT2D eigenvalue weighted by Gasteiger charge is 2.46. The first-order valence-corrected chi connectivity index (χ1v) is 7.00. The predicted octanol–water partition coefficient (Wildman–Crippen LogP) is 1.41. The van der Waals surface area contributed by atoms with Crippen LogP contribution in [-0.2, 0) is 11.3 Å². The zero-order valence-corrected chi connectivity index (χ0v) is 11.6. The van der Waals surface area contributed by atoms with Crippen LogP contribution in [0.5, 0.6) is 11.5 Å². The van der Waals surface area contributed by atoms with Gasteiger partial charge in [0.2, 0.25) is 12.7 Å². The van der Waals surface area contributed by atoms with Gasteiger partial charge in [-0.2, -0.15) is 0 Å². The standard InChI is InChI=1S/C15H20N2O3/c1-10-5-15(6-10,8-16)14(18)17-7-11-2-3-12-13(4-11)20-9-19-12/h2-4,10H,5-9,16H2,1H3,(H,17,18). The molecule has 20 heavy (non-hydrogen) atoms. The summed E-state index contributed by atoms with van der Waals surface area (Å²) in [6, 6.07) is 5.71. The molecule has 0 saturated heterocycles. The van der Waals surface area contributed by atoms with Gasteiger partial charge in [-0.05, 0) is 36.5 Å². The molecule has 1 aromatic rings. The average molecular weight is 276 g/mol. The van der Waals surface area contributed by atoms with Crippen LogP contribution in [0.3, 0.4) is 0 Å². The highest BCUT2D eigenvalue weighted by atomic mass is 16.7. The second-order valence-corrected chi connectivity index (χ2v) is 5.87. The van der Waals surface area contributed by atoms with Crippen molar-refractivity contribution in [1.82, 2.24) is 5.32 Å². The molecule has 1 saturated carbocycles. The minimum atomic E-state index is -0.351. The van der Waals surface area contributed by atoms with Crippen LogP contribution < -0.4 is 20.5 Å². The van der Waals surface area contributed by atoms with Crippen molar-refractivity contribution in [3.63, 3.8) is 0 Å². The molecule has 0 aromatic heterocycles. The number of carbonyl (C=O) groups excluding carboxylic acids is 1.